The van der Waals surface area contributed by atoms with E-state index < -0.39 is 0 Å². The molecule has 0 saturated heterocycles. The van der Waals surface area contributed by atoms with Crippen LogP contribution in [0.15, 0.2) is 239 Å². The molecular weight excluding hydrogens is 829 g/mol. The largest absolute Gasteiger partial charge is 0.456 e. The number of nitrogens with zero attached hydrogens (tertiary/aromatic N) is 2. The molecule has 11 aromatic carbocycles. The fourth-order valence-electron chi connectivity index (χ4n) is 11.3. The summed E-state index contributed by atoms with van der Waals surface area (Å²) in [6, 6.07) is 83.3. The lowest BCUT2D eigenvalue weighted by atomic mass is 9.94. The molecule has 0 radical (unpaired) electrons. The predicted octanol–water partition coefficient (Wildman–Crippen LogP) is 17.8. The van der Waals surface area contributed by atoms with Crippen molar-refractivity contribution in [2.45, 2.75) is 0 Å². The first-order valence-corrected chi connectivity index (χ1v) is 23.2. The van der Waals surface area contributed by atoms with Crippen LogP contribution in [-0.2, 0) is 0 Å². The second kappa shape index (κ2) is 14.2. The van der Waals surface area contributed by atoms with Crippen LogP contribution in [0.3, 0.4) is 0 Å². The number of hydrogen-bond acceptors (Lipinski definition) is 2. The van der Waals surface area contributed by atoms with Gasteiger partial charge in [-0.3, -0.25) is 0 Å². The standard InChI is InChI=1S/C64H38N2O2/c1-3-14-44(15-4-1)65-55-31-26-40(41-28-33-59-53(36-41)49-19-9-10-23-58(49)67-59)35-51(55)52-37-42(27-32-56(52)65)47-21-12-24-61-63(47)54-38-43(29-34-60(54)68-61)46-20-11-22-57-62(46)50-30-25-39-13-7-8-18-48(39)64(50)66(57)45-16-5-2-6-17-45/h1-38H. The average Bonchev–Trinajstić information content (AvgIpc) is 4.16. The molecule has 0 atom stereocenters. The molecular formula is C64H38N2O2. The number of para-hydroxylation sites is 3. The molecule has 316 valence electrons. The molecule has 4 heterocycles. The summed E-state index contributed by atoms with van der Waals surface area (Å²) in [4.78, 5) is 0. The highest BCUT2D eigenvalue weighted by Gasteiger charge is 2.21. The van der Waals surface area contributed by atoms with Gasteiger partial charge < -0.3 is 18.0 Å². The minimum absolute atomic E-state index is 0.870. The minimum Gasteiger partial charge on any atom is -0.456 e. The Morgan fingerprint density at radius 1 is 0.265 bits per heavy atom. The number of fused-ring (bicyclic) bond motifs is 14. The van der Waals surface area contributed by atoms with Crippen LogP contribution in [0.1, 0.15) is 0 Å². The fourth-order valence-corrected chi connectivity index (χ4v) is 11.3. The summed E-state index contributed by atoms with van der Waals surface area (Å²) in [6.07, 6.45) is 0. The van der Waals surface area contributed by atoms with E-state index in [9.17, 15) is 0 Å². The van der Waals surface area contributed by atoms with Crippen molar-refractivity contribution in [3.05, 3.63) is 231 Å². The molecule has 15 aromatic rings. The van der Waals surface area contributed by atoms with E-state index in [1.54, 1.807) is 0 Å². The van der Waals surface area contributed by atoms with Gasteiger partial charge in [-0.1, -0.05) is 140 Å². The Hall–Kier alpha value is -9.12. The summed E-state index contributed by atoms with van der Waals surface area (Å²) in [5, 5.41) is 11.8. The van der Waals surface area contributed by atoms with Gasteiger partial charge >= 0.3 is 0 Å². The Morgan fingerprint density at radius 3 is 1.57 bits per heavy atom. The maximum atomic E-state index is 6.69. The maximum Gasteiger partial charge on any atom is 0.136 e. The molecule has 0 unspecified atom stereocenters. The molecule has 4 nitrogen and oxygen atoms in total. The summed E-state index contributed by atoms with van der Waals surface area (Å²) in [5.74, 6) is 0. The first-order valence-electron chi connectivity index (χ1n) is 23.2. The molecule has 68 heavy (non-hydrogen) atoms. The van der Waals surface area contributed by atoms with Gasteiger partial charge in [0.15, 0.2) is 0 Å². The van der Waals surface area contributed by atoms with Crippen LogP contribution in [0.4, 0.5) is 0 Å². The summed E-state index contributed by atoms with van der Waals surface area (Å²) in [6.45, 7) is 0. The van der Waals surface area contributed by atoms with Crippen LogP contribution in [0, 0.1) is 0 Å². The van der Waals surface area contributed by atoms with Crippen LogP contribution < -0.4 is 0 Å². The molecule has 0 amide bonds. The van der Waals surface area contributed by atoms with E-state index in [1.165, 1.54) is 48.9 Å². The van der Waals surface area contributed by atoms with Gasteiger partial charge in [-0.25, -0.2) is 0 Å². The monoisotopic (exact) mass is 866 g/mol. The zero-order valence-electron chi connectivity index (χ0n) is 36.7. The Morgan fingerprint density at radius 2 is 0.794 bits per heavy atom. The molecule has 0 fully saturated rings. The predicted molar refractivity (Wildman–Crippen MR) is 283 cm³/mol. The topological polar surface area (TPSA) is 36.1 Å². The van der Waals surface area contributed by atoms with E-state index in [0.29, 0.717) is 0 Å². The van der Waals surface area contributed by atoms with E-state index in [-0.39, 0.29) is 0 Å². The number of hydrogen-bond donors (Lipinski definition) is 0. The molecule has 4 aromatic heterocycles. The number of aromatic nitrogens is 2. The minimum atomic E-state index is 0.870. The lowest BCUT2D eigenvalue weighted by Crippen LogP contribution is -1.94. The highest BCUT2D eigenvalue weighted by atomic mass is 16.3. The quantitative estimate of drug-likeness (QED) is 0.173. The molecule has 0 spiro atoms. The summed E-state index contributed by atoms with van der Waals surface area (Å²) in [5.41, 5.74) is 17.5. The van der Waals surface area contributed by atoms with Gasteiger partial charge in [0.1, 0.15) is 22.3 Å². The SMILES string of the molecule is c1ccc(-n2c3ccc(-c4ccc5oc6ccccc6c5c4)cc3c3cc(-c4cccc5oc6ccc(-c7cccc8c7c7ccc9ccccc9c7n8-c7ccccc7)cc6c45)ccc32)cc1. The van der Waals surface area contributed by atoms with Gasteiger partial charge in [0.2, 0.25) is 0 Å². The Kier molecular flexibility index (Phi) is 7.75. The smallest absolute Gasteiger partial charge is 0.136 e. The van der Waals surface area contributed by atoms with Gasteiger partial charge in [-0.05, 0) is 130 Å². The van der Waals surface area contributed by atoms with Crippen molar-refractivity contribution in [3.8, 4) is 44.8 Å². The highest BCUT2D eigenvalue weighted by Crippen LogP contribution is 2.45. The van der Waals surface area contributed by atoms with Crippen molar-refractivity contribution in [2.75, 3.05) is 0 Å². The van der Waals surface area contributed by atoms with E-state index in [0.717, 1.165) is 94.1 Å². The molecule has 0 bridgehead atoms. The molecule has 0 aliphatic carbocycles. The first kappa shape index (κ1) is 37.1. The van der Waals surface area contributed by atoms with Crippen LogP contribution in [-0.4, -0.2) is 9.13 Å². The Balaban J connectivity index is 0.932. The normalized spacial score (nSPS) is 12.1. The van der Waals surface area contributed by atoms with Crippen molar-refractivity contribution in [3.63, 3.8) is 0 Å². The van der Waals surface area contributed by atoms with E-state index in [4.69, 9.17) is 8.83 Å². The Labute approximate surface area is 389 Å². The second-order valence-electron chi connectivity index (χ2n) is 18.0. The zero-order chi connectivity index (χ0) is 44.5. The fraction of sp³-hybridized carbons (Fsp3) is 0. The van der Waals surface area contributed by atoms with E-state index >= 15 is 0 Å². The Bertz CT molecular complexity index is 4550. The second-order valence-corrected chi connectivity index (χ2v) is 18.0. The summed E-state index contributed by atoms with van der Waals surface area (Å²) in [7, 11) is 0. The molecule has 0 aliphatic heterocycles. The van der Waals surface area contributed by atoms with Gasteiger partial charge in [0, 0.05) is 59.9 Å². The third kappa shape index (κ3) is 5.37. The van der Waals surface area contributed by atoms with Crippen molar-refractivity contribution in [2.24, 2.45) is 0 Å². The van der Waals surface area contributed by atoms with Crippen LogP contribution in [0.2, 0.25) is 0 Å². The van der Waals surface area contributed by atoms with Crippen molar-refractivity contribution in [1.29, 1.82) is 0 Å². The van der Waals surface area contributed by atoms with Crippen molar-refractivity contribution in [1.82, 2.24) is 9.13 Å². The number of furan rings is 2. The van der Waals surface area contributed by atoms with Crippen LogP contribution in [0.5, 0.6) is 0 Å². The summed E-state index contributed by atoms with van der Waals surface area (Å²) < 4.78 is 17.7. The average molecular weight is 867 g/mol. The van der Waals surface area contributed by atoms with E-state index in [1.807, 2.05) is 12.1 Å². The maximum absolute atomic E-state index is 6.69. The van der Waals surface area contributed by atoms with Gasteiger partial charge in [0.25, 0.3) is 0 Å². The number of benzene rings is 11. The van der Waals surface area contributed by atoms with Crippen molar-refractivity contribution < 1.29 is 8.83 Å². The lowest BCUT2D eigenvalue weighted by Gasteiger charge is -2.10. The number of rotatable bonds is 5. The van der Waals surface area contributed by atoms with Crippen molar-refractivity contribution >= 4 is 98.3 Å². The third-order valence-electron chi connectivity index (χ3n) is 14.3. The molecule has 4 heteroatoms. The first-order chi connectivity index (χ1) is 33.7. The molecule has 0 saturated carbocycles. The molecule has 0 N–H and O–H groups in total. The lowest BCUT2D eigenvalue weighted by molar-refractivity contribution is 0.668. The zero-order valence-corrected chi connectivity index (χ0v) is 36.7. The van der Waals surface area contributed by atoms with Crippen LogP contribution in [0.25, 0.3) is 143 Å². The van der Waals surface area contributed by atoms with Crippen LogP contribution >= 0.6 is 0 Å². The third-order valence-corrected chi connectivity index (χ3v) is 14.3. The molecule has 15 rings (SSSR count). The highest BCUT2D eigenvalue weighted by molar-refractivity contribution is 6.23. The van der Waals surface area contributed by atoms with Gasteiger partial charge in [-0.15, -0.1) is 0 Å². The van der Waals surface area contributed by atoms with Gasteiger partial charge in [-0.2, -0.15) is 0 Å². The van der Waals surface area contributed by atoms with E-state index in [2.05, 4.69) is 228 Å². The summed E-state index contributed by atoms with van der Waals surface area (Å²) >= 11 is 0. The van der Waals surface area contributed by atoms with Gasteiger partial charge in [0.05, 0.1) is 22.1 Å². The molecule has 0 aliphatic rings.